The third-order valence-corrected chi connectivity index (χ3v) is 5.98. The van der Waals surface area contributed by atoms with Crippen molar-refractivity contribution >= 4 is 11.6 Å². The number of anilines is 1. The molecule has 1 atom stereocenters. The molecule has 5 heteroatoms. The standard InChI is InChI=1S/C23H30N4O/c28-23(21-7-3-15-27(18-21)22-8-12-24-13-9-22)25-11-4-14-26-16-10-19-5-1-2-6-20(19)17-26/h1-2,5-6,8-9,12-13,21H,3-4,7,10-11,14-18H2,(H,25,28). The number of aromatic nitrogens is 1. The first-order valence-electron chi connectivity index (χ1n) is 10.5. The van der Waals surface area contributed by atoms with Crippen molar-refractivity contribution in [1.29, 1.82) is 0 Å². The van der Waals surface area contributed by atoms with Crippen molar-refractivity contribution in [1.82, 2.24) is 15.2 Å². The second-order valence-electron chi connectivity index (χ2n) is 7.93. The number of carbonyl (C=O) groups excluding carboxylic acids is 1. The number of nitrogens with zero attached hydrogens (tertiary/aromatic N) is 3. The van der Waals surface area contributed by atoms with Crippen molar-refractivity contribution in [3.63, 3.8) is 0 Å². The van der Waals surface area contributed by atoms with E-state index in [1.807, 2.05) is 24.5 Å². The van der Waals surface area contributed by atoms with E-state index in [0.29, 0.717) is 0 Å². The summed E-state index contributed by atoms with van der Waals surface area (Å²) in [6, 6.07) is 12.8. The van der Waals surface area contributed by atoms with Crippen LogP contribution < -0.4 is 10.2 Å². The van der Waals surface area contributed by atoms with Gasteiger partial charge in [0.25, 0.3) is 0 Å². The molecule has 28 heavy (non-hydrogen) atoms. The average Bonchev–Trinajstić information content (AvgIpc) is 2.77. The highest BCUT2D eigenvalue weighted by atomic mass is 16.1. The Balaban J connectivity index is 1.19. The fourth-order valence-electron chi connectivity index (χ4n) is 4.38. The van der Waals surface area contributed by atoms with E-state index in [1.165, 1.54) is 11.1 Å². The summed E-state index contributed by atoms with van der Waals surface area (Å²) in [5, 5.41) is 3.18. The molecule has 5 nitrogen and oxygen atoms in total. The Morgan fingerprint density at radius 3 is 2.79 bits per heavy atom. The molecule has 3 heterocycles. The van der Waals surface area contributed by atoms with Crippen LogP contribution in [0.3, 0.4) is 0 Å². The predicted octanol–water partition coefficient (Wildman–Crippen LogP) is 2.86. The molecule has 0 spiro atoms. The minimum absolute atomic E-state index is 0.0868. The monoisotopic (exact) mass is 378 g/mol. The van der Waals surface area contributed by atoms with Crippen molar-refractivity contribution < 1.29 is 4.79 Å². The van der Waals surface area contributed by atoms with Crippen LogP contribution in [0.5, 0.6) is 0 Å². The van der Waals surface area contributed by atoms with Gasteiger partial charge in [0.15, 0.2) is 0 Å². The first-order valence-corrected chi connectivity index (χ1v) is 10.5. The van der Waals surface area contributed by atoms with Gasteiger partial charge in [-0.2, -0.15) is 0 Å². The van der Waals surface area contributed by atoms with Crippen molar-refractivity contribution in [3.05, 3.63) is 59.9 Å². The van der Waals surface area contributed by atoms with Gasteiger partial charge in [0.1, 0.15) is 0 Å². The molecule has 0 saturated carbocycles. The van der Waals surface area contributed by atoms with E-state index in [4.69, 9.17) is 0 Å². The number of amides is 1. The van der Waals surface area contributed by atoms with Gasteiger partial charge in [0.2, 0.25) is 5.91 Å². The van der Waals surface area contributed by atoms with Crippen LogP contribution in [-0.2, 0) is 17.8 Å². The van der Waals surface area contributed by atoms with E-state index < -0.39 is 0 Å². The molecule has 0 radical (unpaired) electrons. The molecule has 2 aromatic rings. The molecule has 1 aromatic heterocycles. The number of nitrogens with one attached hydrogen (secondary N) is 1. The quantitative estimate of drug-likeness (QED) is 0.786. The average molecular weight is 379 g/mol. The number of hydrogen-bond acceptors (Lipinski definition) is 4. The lowest BCUT2D eigenvalue weighted by Gasteiger charge is -2.33. The second kappa shape index (κ2) is 9.20. The molecule has 1 N–H and O–H groups in total. The molecular weight excluding hydrogens is 348 g/mol. The molecule has 1 fully saturated rings. The number of piperidine rings is 1. The van der Waals surface area contributed by atoms with Crippen molar-refractivity contribution in [2.75, 3.05) is 37.6 Å². The van der Waals surface area contributed by atoms with E-state index >= 15 is 0 Å². The van der Waals surface area contributed by atoms with Crippen LogP contribution in [0, 0.1) is 5.92 Å². The lowest BCUT2D eigenvalue weighted by molar-refractivity contribution is -0.125. The van der Waals surface area contributed by atoms with Gasteiger partial charge >= 0.3 is 0 Å². The van der Waals surface area contributed by atoms with E-state index in [1.54, 1.807) is 0 Å². The fourth-order valence-corrected chi connectivity index (χ4v) is 4.38. The van der Waals surface area contributed by atoms with Crippen molar-refractivity contribution in [2.45, 2.75) is 32.2 Å². The van der Waals surface area contributed by atoms with Crippen LogP contribution in [0.25, 0.3) is 0 Å². The number of carbonyl (C=O) groups is 1. The Morgan fingerprint density at radius 2 is 1.93 bits per heavy atom. The third-order valence-electron chi connectivity index (χ3n) is 5.98. The molecule has 1 saturated heterocycles. The molecule has 1 amide bonds. The smallest absolute Gasteiger partial charge is 0.224 e. The van der Waals surface area contributed by atoms with Gasteiger partial charge in [-0.25, -0.2) is 0 Å². The van der Waals surface area contributed by atoms with Crippen LogP contribution in [0.1, 0.15) is 30.4 Å². The van der Waals surface area contributed by atoms with Gasteiger partial charge in [0, 0.05) is 57.3 Å². The van der Waals surface area contributed by atoms with E-state index in [0.717, 1.165) is 70.6 Å². The first-order chi connectivity index (χ1) is 13.8. The Morgan fingerprint density at radius 1 is 1.11 bits per heavy atom. The summed E-state index contributed by atoms with van der Waals surface area (Å²) >= 11 is 0. The predicted molar refractivity (Wildman–Crippen MR) is 112 cm³/mol. The van der Waals surface area contributed by atoms with Gasteiger partial charge in [-0.3, -0.25) is 14.7 Å². The van der Waals surface area contributed by atoms with Crippen LogP contribution in [0.2, 0.25) is 0 Å². The van der Waals surface area contributed by atoms with Crippen LogP contribution >= 0.6 is 0 Å². The summed E-state index contributed by atoms with van der Waals surface area (Å²) in [6.45, 7) is 5.79. The zero-order chi connectivity index (χ0) is 19.2. The third kappa shape index (κ3) is 4.71. The molecular formula is C23H30N4O. The maximum Gasteiger partial charge on any atom is 0.224 e. The zero-order valence-corrected chi connectivity index (χ0v) is 16.5. The van der Waals surface area contributed by atoms with Gasteiger partial charge < -0.3 is 10.2 Å². The second-order valence-corrected chi connectivity index (χ2v) is 7.93. The zero-order valence-electron chi connectivity index (χ0n) is 16.5. The minimum atomic E-state index is 0.0868. The van der Waals surface area contributed by atoms with E-state index in [2.05, 4.69) is 44.4 Å². The first kappa shape index (κ1) is 18.9. The Kier molecular flexibility index (Phi) is 6.22. The summed E-state index contributed by atoms with van der Waals surface area (Å²) in [7, 11) is 0. The number of pyridine rings is 1. The SMILES string of the molecule is O=C(NCCCN1CCc2ccccc2C1)C1CCCN(c2ccncc2)C1. The Hall–Kier alpha value is -2.40. The highest BCUT2D eigenvalue weighted by Crippen LogP contribution is 2.23. The molecule has 1 unspecified atom stereocenters. The lowest BCUT2D eigenvalue weighted by Crippen LogP contribution is -2.43. The van der Waals surface area contributed by atoms with Gasteiger partial charge in [0.05, 0.1) is 5.92 Å². The molecule has 2 aliphatic heterocycles. The van der Waals surface area contributed by atoms with E-state index in [-0.39, 0.29) is 11.8 Å². The van der Waals surface area contributed by atoms with Gasteiger partial charge in [-0.1, -0.05) is 24.3 Å². The van der Waals surface area contributed by atoms with Crippen molar-refractivity contribution in [2.24, 2.45) is 5.92 Å². The molecule has 0 aliphatic carbocycles. The van der Waals surface area contributed by atoms with Crippen LogP contribution in [0.15, 0.2) is 48.8 Å². The number of rotatable bonds is 6. The molecule has 0 bridgehead atoms. The lowest BCUT2D eigenvalue weighted by atomic mass is 9.96. The Bertz CT molecular complexity index is 779. The highest BCUT2D eigenvalue weighted by molar-refractivity contribution is 5.79. The topological polar surface area (TPSA) is 48.5 Å². The fraction of sp³-hybridized carbons (Fsp3) is 0.478. The maximum atomic E-state index is 12.6. The molecule has 4 rings (SSSR count). The van der Waals surface area contributed by atoms with Crippen molar-refractivity contribution in [3.8, 4) is 0 Å². The maximum absolute atomic E-state index is 12.6. The number of fused-ring (bicyclic) bond motifs is 1. The highest BCUT2D eigenvalue weighted by Gasteiger charge is 2.25. The Labute approximate surface area is 167 Å². The summed E-state index contributed by atoms with van der Waals surface area (Å²) in [5.41, 5.74) is 4.11. The molecule has 148 valence electrons. The number of hydrogen-bond donors (Lipinski definition) is 1. The molecule has 2 aliphatic rings. The van der Waals surface area contributed by atoms with Crippen LogP contribution in [0.4, 0.5) is 5.69 Å². The largest absolute Gasteiger partial charge is 0.371 e. The summed E-state index contributed by atoms with van der Waals surface area (Å²) in [5.74, 6) is 0.298. The molecule has 1 aromatic carbocycles. The van der Waals surface area contributed by atoms with Gasteiger partial charge in [-0.15, -0.1) is 0 Å². The number of benzene rings is 1. The van der Waals surface area contributed by atoms with Gasteiger partial charge in [-0.05, 0) is 48.9 Å². The minimum Gasteiger partial charge on any atom is -0.371 e. The normalized spacial score (nSPS) is 19.9. The van der Waals surface area contributed by atoms with Crippen LogP contribution in [-0.4, -0.2) is 48.5 Å². The summed E-state index contributed by atoms with van der Waals surface area (Å²) < 4.78 is 0. The van der Waals surface area contributed by atoms with E-state index in [9.17, 15) is 4.79 Å². The summed E-state index contributed by atoms with van der Waals surface area (Å²) in [6.07, 6.45) is 7.82. The summed E-state index contributed by atoms with van der Waals surface area (Å²) in [4.78, 5) is 21.5.